The number of rotatable bonds is 5. The second-order valence-corrected chi connectivity index (χ2v) is 7.79. The molecule has 1 heterocycles. The minimum atomic E-state index is -4.93. The van der Waals surface area contributed by atoms with Gasteiger partial charge in [-0.2, -0.15) is 26.3 Å². The average Bonchev–Trinajstić information content (AvgIpc) is 2.60. The van der Waals surface area contributed by atoms with Gasteiger partial charge >= 0.3 is 12.4 Å². The van der Waals surface area contributed by atoms with Crippen LogP contribution in [0.3, 0.4) is 0 Å². The number of halogens is 6. The summed E-state index contributed by atoms with van der Waals surface area (Å²) in [5.41, 5.74) is -5.22. The Morgan fingerprint density at radius 1 is 1.14 bits per heavy atom. The molecule has 29 heavy (non-hydrogen) atoms. The van der Waals surface area contributed by atoms with Gasteiger partial charge in [0.1, 0.15) is 5.60 Å². The average molecular weight is 427 g/mol. The van der Waals surface area contributed by atoms with E-state index in [0.29, 0.717) is 18.6 Å². The summed E-state index contributed by atoms with van der Waals surface area (Å²) in [6.07, 6.45) is -10.4. The first-order chi connectivity index (χ1) is 13.1. The Labute approximate surface area is 164 Å². The molecule has 1 saturated heterocycles. The lowest BCUT2D eigenvalue weighted by Crippen LogP contribution is -2.60. The molecule has 10 heteroatoms. The second-order valence-electron chi connectivity index (χ2n) is 7.79. The number of hydrogen-bond acceptors (Lipinski definition) is 4. The standard InChI is InChI=1S/C19H23F6NO3/c1-11(29-10-16(3)4-5-17(28,9-26-16)12(2)27)13-6-14(18(20,21)22)8-15(7-13)19(23,24)25/h6-8,11,26,28H,4-5,9-10H2,1-3H3/t11-,16-,17?/m1/s1. The summed E-state index contributed by atoms with van der Waals surface area (Å²) in [5, 5.41) is 13.2. The van der Waals surface area contributed by atoms with Crippen LogP contribution in [0.25, 0.3) is 0 Å². The minimum absolute atomic E-state index is 0.0155. The van der Waals surface area contributed by atoms with Gasteiger partial charge in [-0.25, -0.2) is 0 Å². The number of carbonyl (C=O) groups excluding carboxylic acids is 1. The number of β-amino-alcohol motifs (C(OH)–C–C–N with tert-alkyl or cyclic N) is 1. The van der Waals surface area contributed by atoms with E-state index in [2.05, 4.69) is 5.32 Å². The van der Waals surface area contributed by atoms with Gasteiger partial charge in [-0.15, -0.1) is 0 Å². The molecule has 1 aliphatic heterocycles. The van der Waals surface area contributed by atoms with Crippen LogP contribution in [0.2, 0.25) is 0 Å². The smallest absolute Gasteiger partial charge is 0.381 e. The molecule has 0 aliphatic carbocycles. The van der Waals surface area contributed by atoms with Crippen molar-refractivity contribution in [1.29, 1.82) is 0 Å². The number of nitrogens with one attached hydrogen (secondary N) is 1. The summed E-state index contributed by atoms with van der Waals surface area (Å²) in [6, 6.07) is 1.36. The van der Waals surface area contributed by atoms with E-state index in [-0.39, 0.29) is 37.0 Å². The zero-order valence-corrected chi connectivity index (χ0v) is 16.2. The van der Waals surface area contributed by atoms with Crippen molar-refractivity contribution in [2.24, 2.45) is 0 Å². The Morgan fingerprint density at radius 3 is 2.03 bits per heavy atom. The molecule has 1 unspecified atom stereocenters. The van der Waals surface area contributed by atoms with E-state index in [1.807, 2.05) is 0 Å². The molecule has 0 radical (unpaired) electrons. The highest BCUT2D eigenvalue weighted by Crippen LogP contribution is 2.38. The number of Topliss-reactive ketones (excluding diaryl/α,β-unsaturated/α-hetero) is 1. The highest BCUT2D eigenvalue weighted by molar-refractivity contribution is 5.85. The van der Waals surface area contributed by atoms with Gasteiger partial charge in [-0.05, 0) is 57.4 Å². The van der Waals surface area contributed by atoms with Gasteiger partial charge in [0, 0.05) is 12.1 Å². The first kappa shape index (κ1) is 23.6. The van der Waals surface area contributed by atoms with Gasteiger partial charge in [-0.3, -0.25) is 4.79 Å². The third-order valence-electron chi connectivity index (χ3n) is 5.28. The molecule has 0 spiro atoms. The number of ether oxygens (including phenoxy) is 1. The summed E-state index contributed by atoms with van der Waals surface area (Å²) in [6.45, 7) is 4.34. The highest BCUT2D eigenvalue weighted by Gasteiger charge is 2.42. The maximum absolute atomic E-state index is 13.0. The van der Waals surface area contributed by atoms with E-state index in [1.165, 1.54) is 13.8 Å². The SMILES string of the molecule is CC(=O)C1(O)CC[C@](C)(CO[C@H](C)c2cc(C(F)(F)F)cc(C(F)(F)F)c2)NC1. The number of hydrogen-bond donors (Lipinski definition) is 2. The van der Waals surface area contributed by atoms with E-state index in [4.69, 9.17) is 4.74 Å². The molecule has 0 bridgehead atoms. The summed E-state index contributed by atoms with van der Waals surface area (Å²) in [5.74, 6) is -0.384. The molecule has 1 aromatic carbocycles. The normalized spacial score (nSPS) is 27.0. The third kappa shape index (κ3) is 5.70. The number of carbonyl (C=O) groups is 1. The van der Waals surface area contributed by atoms with Crippen LogP contribution in [-0.4, -0.2) is 35.2 Å². The van der Waals surface area contributed by atoms with Gasteiger partial charge < -0.3 is 15.2 Å². The van der Waals surface area contributed by atoms with Crippen molar-refractivity contribution in [1.82, 2.24) is 5.32 Å². The van der Waals surface area contributed by atoms with Crippen LogP contribution in [0.4, 0.5) is 26.3 Å². The number of ketones is 1. The summed E-state index contributed by atoms with van der Waals surface area (Å²) in [7, 11) is 0. The molecule has 164 valence electrons. The number of aliphatic hydroxyl groups is 1. The van der Waals surface area contributed by atoms with Gasteiger partial charge in [0.25, 0.3) is 0 Å². The summed E-state index contributed by atoms with van der Waals surface area (Å²) in [4.78, 5) is 11.5. The van der Waals surface area contributed by atoms with Crippen molar-refractivity contribution in [3.63, 3.8) is 0 Å². The van der Waals surface area contributed by atoms with Crippen LogP contribution >= 0.6 is 0 Å². The Morgan fingerprint density at radius 2 is 1.66 bits per heavy atom. The zero-order chi connectivity index (χ0) is 22.3. The highest BCUT2D eigenvalue weighted by atomic mass is 19.4. The predicted octanol–water partition coefficient (Wildman–Crippen LogP) is 4.26. The van der Waals surface area contributed by atoms with Gasteiger partial charge in [0.05, 0.1) is 23.8 Å². The maximum atomic E-state index is 13.0. The van der Waals surface area contributed by atoms with Crippen LogP contribution in [0, 0.1) is 0 Å². The molecule has 2 rings (SSSR count). The van der Waals surface area contributed by atoms with Crippen molar-refractivity contribution < 1.29 is 41.0 Å². The van der Waals surface area contributed by atoms with Crippen molar-refractivity contribution in [2.75, 3.05) is 13.2 Å². The fourth-order valence-electron chi connectivity index (χ4n) is 3.06. The molecule has 2 N–H and O–H groups in total. The van der Waals surface area contributed by atoms with E-state index >= 15 is 0 Å². The molecule has 1 fully saturated rings. The molecule has 3 atom stereocenters. The van der Waals surface area contributed by atoms with Crippen LogP contribution in [0.15, 0.2) is 18.2 Å². The molecule has 0 aromatic heterocycles. The third-order valence-corrected chi connectivity index (χ3v) is 5.28. The molecular weight excluding hydrogens is 404 g/mol. The Balaban J connectivity index is 2.15. The zero-order valence-electron chi connectivity index (χ0n) is 16.2. The Bertz CT molecular complexity index is 719. The van der Waals surface area contributed by atoms with E-state index < -0.39 is 40.7 Å². The van der Waals surface area contributed by atoms with Gasteiger partial charge in [0.2, 0.25) is 0 Å². The topological polar surface area (TPSA) is 58.6 Å². The van der Waals surface area contributed by atoms with Gasteiger partial charge in [-0.1, -0.05) is 0 Å². The van der Waals surface area contributed by atoms with Crippen molar-refractivity contribution >= 4 is 5.78 Å². The lowest BCUT2D eigenvalue weighted by Gasteiger charge is -2.42. The second kappa shape index (κ2) is 7.88. The molecule has 1 aliphatic rings. The summed E-state index contributed by atoms with van der Waals surface area (Å²) < 4.78 is 83.6. The Kier molecular flexibility index (Phi) is 6.42. The number of piperidine rings is 1. The van der Waals surface area contributed by atoms with Crippen molar-refractivity contribution in [3.05, 3.63) is 34.9 Å². The van der Waals surface area contributed by atoms with Crippen molar-refractivity contribution in [3.8, 4) is 0 Å². The fourth-order valence-corrected chi connectivity index (χ4v) is 3.06. The predicted molar refractivity (Wildman–Crippen MR) is 92.1 cm³/mol. The molecule has 4 nitrogen and oxygen atoms in total. The van der Waals surface area contributed by atoms with Gasteiger partial charge in [0.15, 0.2) is 5.78 Å². The monoisotopic (exact) mass is 427 g/mol. The number of benzene rings is 1. The molecule has 1 aromatic rings. The van der Waals surface area contributed by atoms with E-state index in [9.17, 15) is 36.2 Å². The minimum Gasteiger partial charge on any atom is -0.381 e. The van der Waals surface area contributed by atoms with E-state index in [0.717, 1.165) is 0 Å². The quantitative estimate of drug-likeness (QED) is 0.690. The summed E-state index contributed by atoms with van der Waals surface area (Å²) >= 11 is 0. The van der Waals surface area contributed by atoms with Crippen molar-refractivity contribution in [2.45, 2.75) is 63.2 Å². The maximum Gasteiger partial charge on any atom is 0.416 e. The first-order valence-corrected chi connectivity index (χ1v) is 8.95. The largest absolute Gasteiger partial charge is 0.416 e. The van der Waals surface area contributed by atoms with E-state index in [1.54, 1.807) is 6.92 Å². The van der Waals surface area contributed by atoms with Crippen LogP contribution in [-0.2, 0) is 21.9 Å². The Hall–Kier alpha value is -1.65. The molecular formula is C19H23F6NO3. The van der Waals surface area contributed by atoms with Crippen LogP contribution in [0.1, 0.15) is 56.4 Å². The molecule has 0 amide bonds. The van der Waals surface area contributed by atoms with Crippen LogP contribution in [0.5, 0.6) is 0 Å². The number of alkyl halides is 6. The lowest BCUT2D eigenvalue weighted by atomic mass is 9.81. The fraction of sp³-hybridized carbons (Fsp3) is 0.632. The van der Waals surface area contributed by atoms with Crippen LogP contribution < -0.4 is 5.32 Å². The lowest BCUT2D eigenvalue weighted by molar-refractivity contribution is -0.143. The first-order valence-electron chi connectivity index (χ1n) is 8.95. The molecule has 0 saturated carbocycles.